The average molecular weight is 532 g/mol. The second-order valence-corrected chi connectivity index (χ2v) is 9.81. The van der Waals surface area contributed by atoms with Crippen LogP contribution in [-0.2, 0) is 17.8 Å². The molecule has 196 valence electrons. The van der Waals surface area contributed by atoms with Crippen molar-refractivity contribution >= 4 is 29.5 Å². The van der Waals surface area contributed by atoms with Gasteiger partial charge < -0.3 is 20.2 Å². The number of allylic oxidation sites excluding steroid dienone is 1. The smallest absolute Gasteiger partial charge is 0.335 e. The Morgan fingerprint density at radius 3 is 2.42 bits per heavy atom. The van der Waals surface area contributed by atoms with E-state index in [1.165, 1.54) is 10.5 Å². The molecule has 0 saturated carbocycles. The average Bonchev–Trinajstić information content (AvgIpc) is 2.90. The Labute approximate surface area is 227 Å². The molecule has 1 atom stereocenters. The van der Waals surface area contributed by atoms with Crippen molar-refractivity contribution in [3.63, 3.8) is 0 Å². The van der Waals surface area contributed by atoms with E-state index >= 15 is 0 Å². The van der Waals surface area contributed by atoms with Gasteiger partial charge in [0, 0.05) is 36.4 Å². The molecule has 1 aliphatic heterocycles. The number of nitrogens with zero attached hydrogens (tertiary/aromatic N) is 2. The number of nitrogens with one attached hydrogen (secondary N) is 1. The molecular weight excluding hydrogens is 502 g/mol. The molecule has 3 aromatic rings. The molecule has 38 heavy (non-hydrogen) atoms. The highest BCUT2D eigenvalue weighted by molar-refractivity contribution is 6.30. The first-order valence-electron chi connectivity index (χ1n) is 12.4. The van der Waals surface area contributed by atoms with Crippen LogP contribution in [0.15, 0.2) is 90.1 Å². The Kier molecular flexibility index (Phi) is 8.48. The summed E-state index contributed by atoms with van der Waals surface area (Å²) in [5.74, 6) is -1.24. The lowest BCUT2D eigenvalue weighted by molar-refractivity contribution is -0.133. The van der Waals surface area contributed by atoms with Crippen LogP contribution in [0.5, 0.6) is 0 Å². The second-order valence-electron chi connectivity index (χ2n) is 9.38. The molecule has 0 aromatic heterocycles. The molecule has 1 unspecified atom stereocenters. The lowest BCUT2D eigenvalue weighted by Gasteiger charge is -2.37. The lowest BCUT2D eigenvalue weighted by Crippen LogP contribution is -2.48. The van der Waals surface area contributed by atoms with E-state index < -0.39 is 18.0 Å². The number of halogens is 1. The normalized spacial score (nSPS) is 15.3. The maximum absolute atomic E-state index is 13.1. The van der Waals surface area contributed by atoms with Crippen LogP contribution in [0.2, 0.25) is 5.02 Å². The van der Waals surface area contributed by atoms with Crippen molar-refractivity contribution in [2.75, 3.05) is 13.6 Å². The maximum atomic E-state index is 13.1. The minimum absolute atomic E-state index is 0.0669. The van der Waals surface area contributed by atoms with E-state index in [1.54, 1.807) is 61.3 Å². The van der Waals surface area contributed by atoms with Crippen molar-refractivity contribution in [1.29, 1.82) is 0 Å². The van der Waals surface area contributed by atoms with Gasteiger partial charge in [-0.2, -0.15) is 0 Å². The van der Waals surface area contributed by atoms with Crippen molar-refractivity contribution < 1.29 is 19.5 Å². The van der Waals surface area contributed by atoms with Crippen LogP contribution in [0, 0.1) is 0 Å². The van der Waals surface area contributed by atoms with E-state index in [2.05, 4.69) is 17.4 Å². The van der Waals surface area contributed by atoms with Gasteiger partial charge >= 0.3 is 12.0 Å². The number of carboxylic acids is 1. The molecule has 1 aliphatic rings. The van der Waals surface area contributed by atoms with E-state index in [4.69, 9.17) is 11.6 Å². The van der Waals surface area contributed by atoms with Crippen LogP contribution < -0.4 is 5.32 Å². The zero-order valence-electron chi connectivity index (χ0n) is 21.4. The predicted molar refractivity (Wildman–Crippen MR) is 147 cm³/mol. The Balaban J connectivity index is 1.53. The summed E-state index contributed by atoms with van der Waals surface area (Å²) >= 11 is 6.20. The van der Waals surface area contributed by atoms with E-state index in [9.17, 15) is 19.5 Å². The van der Waals surface area contributed by atoms with E-state index in [0.29, 0.717) is 28.3 Å². The number of urea groups is 1. The van der Waals surface area contributed by atoms with Gasteiger partial charge in [-0.05, 0) is 60.7 Å². The van der Waals surface area contributed by atoms with Gasteiger partial charge in [-0.15, -0.1) is 0 Å². The summed E-state index contributed by atoms with van der Waals surface area (Å²) < 4.78 is 0. The molecule has 0 spiro atoms. The molecule has 3 amide bonds. The highest BCUT2D eigenvalue weighted by Crippen LogP contribution is 2.35. The number of aryl methyl sites for hydroxylation is 1. The topological polar surface area (TPSA) is 90.0 Å². The Morgan fingerprint density at radius 1 is 1.00 bits per heavy atom. The molecule has 1 heterocycles. The third kappa shape index (κ3) is 6.23. The van der Waals surface area contributed by atoms with Gasteiger partial charge in [0.15, 0.2) is 0 Å². The number of carboxylic acid groups (broad SMARTS) is 1. The molecule has 0 radical (unpaired) electrons. The zero-order chi connectivity index (χ0) is 27.2. The Morgan fingerprint density at radius 2 is 1.71 bits per heavy atom. The summed E-state index contributed by atoms with van der Waals surface area (Å²) in [6, 6.07) is 22.8. The third-order valence-corrected chi connectivity index (χ3v) is 6.85. The molecule has 2 N–H and O–H groups in total. The number of benzene rings is 3. The molecule has 3 aromatic carbocycles. The van der Waals surface area contributed by atoms with Gasteiger partial charge in [0.1, 0.15) is 0 Å². The number of hydrogen-bond acceptors (Lipinski definition) is 3. The molecule has 0 aliphatic carbocycles. The van der Waals surface area contributed by atoms with Gasteiger partial charge in [-0.25, -0.2) is 9.59 Å². The fourth-order valence-corrected chi connectivity index (χ4v) is 4.93. The molecular formula is C30H30ClN3O4. The summed E-state index contributed by atoms with van der Waals surface area (Å²) in [5, 5.41) is 13.1. The Bertz CT molecular complexity index is 1370. The molecule has 7 nitrogen and oxygen atoms in total. The van der Waals surface area contributed by atoms with Crippen molar-refractivity contribution in [1.82, 2.24) is 15.1 Å². The van der Waals surface area contributed by atoms with Gasteiger partial charge in [0.2, 0.25) is 0 Å². The fourth-order valence-electron chi connectivity index (χ4n) is 4.73. The first-order chi connectivity index (χ1) is 18.2. The quantitative estimate of drug-likeness (QED) is 0.372. The standard InChI is InChI=1S/C30H30ClN3O4/c1-20-26(29(36)37)27(23-13-7-15-25(31)18-23)34(30(38)32-20)19-22-11-6-14-24(17-22)28(35)33(2)16-8-12-21-9-4-3-5-10-21/h3-7,9-11,13-15,17-18,27H,8,12,16,19H2,1-2H3,(H,32,38)(H,36,37). The predicted octanol–water partition coefficient (Wildman–Crippen LogP) is 5.67. The van der Waals surface area contributed by atoms with Crippen LogP contribution in [0.4, 0.5) is 4.79 Å². The van der Waals surface area contributed by atoms with Crippen LogP contribution in [0.3, 0.4) is 0 Å². The monoisotopic (exact) mass is 531 g/mol. The second kappa shape index (κ2) is 12.0. The van der Waals surface area contributed by atoms with Gasteiger partial charge in [0.05, 0.1) is 11.6 Å². The van der Waals surface area contributed by atoms with Gasteiger partial charge in [0.25, 0.3) is 5.91 Å². The molecule has 0 saturated heterocycles. The number of carbonyl (C=O) groups is 3. The van der Waals surface area contributed by atoms with Crippen molar-refractivity contribution in [3.8, 4) is 0 Å². The van der Waals surface area contributed by atoms with E-state index in [0.717, 1.165) is 12.8 Å². The zero-order valence-corrected chi connectivity index (χ0v) is 22.1. The number of hydrogen-bond donors (Lipinski definition) is 2. The van der Waals surface area contributed by atoms with Crippen molar-refractivity contribution in [3.05, 3.63) is 117 Å². The highest BCUT2D eigenvalue weighted by atomic mass is 35.5. The molecule has 0 bridgehead atoms. The third-order valence-electron chi connectivity index (χ3n) is 6.61. The molecule has 0 fully saturated rings. The van der Waals surface area contributed by atoms with Gasteiger partial charge in [-0.1, -0.05) is 66.2 Å². The van der Waals surface area contributed by atoms with Crippen LogP contribution in [0.1, 0.15) is 46.4 Å². The summed E-state index contributed by atoms with van der Waals surface area (Å²) in [6.07, 6.45) is 1.72. The maximum Gasteiger partial charge on any atom is 0.335 e. The summed E-state index contributed by atoms with van der Waals surface area (Å²) in [7, 11) is 1.78. The Hall–Kier alpha value is -4.10. The first kappa shape index (κ1) is 26.9. The van der Waals surface area contributed by atoms with Crippen LogP contribution in [0.25, 0.3) is 0 Å². The summed E-state index contributed by atoms with van der Waals surface area (Å²) in [4.78, 5) is 41.6. The van der Waals surface area contributed by atoms with Crippen LogP contribution in [-0.4, -0.2) is 46.4 Å². The first-order valence-corrected chi connectivity index (χ1v) is 12.8. The van der Waals surface area contributed by atoms with E-state index in [-0.39, 0.29) is 23.7 Å². The summed E-state index contributed by atoms with van der Waals surface area (Å²) in [6.45, 7) is 2.28. The number of carbonyl (C=O) groups excluding carboxylic acids is 2. The number of aliphatic carboxylic acids is 1. The van der Waals surface area contributed by atoms with Crippen molar-refractivity contribution in [2.45, 2.75) is 32.4 Å². The van der Waals surface area contributed by atoms with Gasteiger partial charge in [-0.3, -0.25) is 4.79 Å². The fraction of sp³-hybridized carbons (Fsp3) is 0.233. The van der Waals surface area contributed by atoms with Crippen molar-refractivity contribution in [2.24, 2.45) is 0 Å². The number of amides is 3. The SMILES string of the molecule is CC1=C(C(=O)O)C(c2cccc(Cl)c2)N(Cc2cccc(C(=O)N(C)CCCc3ccccc3)c2)C(=O)N1. The largest absolute Gasteiger partial charge is 0.478 e. The highest BCUT2D eigenvalue weighted by Gasteiger charge is 2.38. The number of rotatable bonds is 9. The summed E-state index contributed by atoms with van der Waals surface area (Å²) in [5.41, 5.74) is 3.39. The molecule has 4 rings (SSSR count). The minimum Gasteiger partial charge on any atom is -0.478 e. The van der Waals surface area contributed by atoms with Crippen LogP contribution >= 0.6 is 11.6 Å². The molecule has 8 heteroatoms. The minimum atomic E-state index is -1.13. The van der Waals surface area contributed by atoms with E-state index in [1.807, 2.05) is 24.3 Å². The lowest BCUT2D eigenvalue weighted by atomic mass is 9.93.